The third-order valence-electron chi connectivity index (χ3n) is 4.36. The number of benzene rings is 1. The first kappa shape index (κ1) is 15.4. The molecule has 5 heteroatoms. The van der Waals surface area contributed by atoms with E-state index in [-0.39, 0.29) is 17.8 Å². The lowest BCUT2D eigenvalue weighted by Gasteiger charge is -2.26. The van der Waals surface area contributed by atoms with Gasteiger partial charge in [0, 0.05) is 18.8 Å². The van der Waals surface area contributed by atoms with Crippen LogP contribution in [0.15, 0.2) is 18.2 Å². The Balaban J connectivity index is 1.58. The van der Waals surface area contributed by atoms with Gasteiger partial charge in [0.1, 0.15) is 11.9 Å². The van der Waals surface area contributed by atoms with Crippen molar-refractivity contribution in [3.05, 3.63) is 29.6 Å². The summed E-state index contributed by atoms with van der Waals surface area (Å²) in [5, 5.41) is 0. The summed E-state index contributed by atoms with van der Waals surface area (Å²) in [7, 11) is 0. The molecule has 1 amide bonds. The first-order valence-corrected chi connectivity index (χ1v) is 7.98. The number of rotatable bonds is 4. The van der Waals surface area contributed by atoms with Crippen LogP contribution in [0.3, 0.4) is 0 Å². The minimum atomic E-state index is -0.542. The molecule has 1 aromatic carbocycles. The highest BCUT2D eigenvalue weighted by Crippen LogP contribution is 2.29. The Bertz CT molecular complexity index is 543. The Morgan fingerprint density at radius 3 is 3.14 bits per heavy atom. The van der Waals surface area contributed by atoms with Crippen LogP contribution in [0.25, 0.3) is 0 Å². The second kappa shape index (κ2) is 6.75. The van der Waals surface area contributed by atoms with Crippen LogP contribution in [0, 0.1) is 5.82 Å². The van der Waals surface area contributed by atoms with E-state index in [2.05, 4.69) is 0 Å². The van der Waals surface area contributed by atoms with Gasteiger partial charge in [0.15, 0.2) is 0 Å². The second-order valence-corrected chi connectivity index (χ2v) is 5.98. The zero-order valence-corrected chi connectivity index (χ0v) is 12.9. The fraction of sp³-hybridized carbons (Fsp3) is 0.588. The number of anilines is 1. The van der Waals surface area contributed by atoms with Crippen LogP contribution in [0.4, 0.5) is 10.1 Å². The summed E-state index contributed by atoms with van der Waals surface area (Å²) >= 11 is 0. The molecule has 2 atom stereocenters. The number of ether oxygens (including phenoxy) is 2. The van der Waals surface area contributed by atoms with Crippen LogP contribution in [0.1, 0.15) is 31.7 Å². The average Bonchev–Trinajstić information content (AvgIpc) is 2.95. The maximum atomic E-state index is 13.4. The van der Waals surface area contributed by atoms with Gasteiger partial charge in [-0.1, -0.05) is 6.07 Å². The van der Waals surface area contributed by atoms with Gasteiger partial charge in [-0.05, 0) is 50.3 Å². The molecule has 2 aliphatic heterocycles. The van der Waals surface area contributed by atoms with Crippen LogP contribution in [0.2, 0.25) is 0 Å². The molecule has 2 aliphatic rings. The number of amides is 1. The zero-order valence-electron chi connectivity index (χ0n) is 12.9. The van der Waals surface area contributed by atoms with Crippen LogP contribution >= 0.6 is 0 Å². The SMILES string of the molecule is C[C@H](OC[C@H]1CCCCO1)C(=O)N1CCc2ccc(F)cc21. The van der Waals surface area contributed by atoms with Crippen LogP contribution in [-0.4, -0.2) is 37.9 Å². The summed E-state index contributed by atoms with van der Waals surface area (Å²) in [5.74, 6) is -0.428. The molecular formula is C17H22FNO3. The van der Waals surface area contributed by atoms with E-state index in [1.54, 1.807) is 17.9 Å². The van der Waals surface area contributed by atoms with Gasteiger partial charge in [-0.15, -0.1) is 0 Å². The van der Waals surface area contributed by atoms with Gasteiger partial charge < -0.3 is 14.4 Å². The first-order chi connectivity index (χ1) is 10.6. The fourth-order valence-electron chi connectivity index (χ4n) is 3.06. The third-order valence-corrected chi connectivity index (χ3v) is 4.36. The molecule has 0 unspecified atom stereocenters. The summed E-state index contributed by atoms with van der Waals surface area (Å²) in [6.45, 7) is 3.56. The molecule has 0 bridgehead atoms. The Morgan fingerprint density at radius 1 is 1.50 bits per heavy atom. The van der Waals surface area contributed by atoms with Crippen molar-refractivity contribution in [2.24, 2.45) is 0 Å². The number of carbonyl (C=O) groups excluding carboxylic acids is 1. The highest BCUT2D eigenvalue weighted by molar-refractivity contribution is 5.98. The summed E-state index contributed by atoms with van der Waals surface area (Å²) < 4.78 is 24.7. The van der Waals surface area contributed by atoms with Crippen molar-refractivity contribution in [1.82, 2.24) is 0 Å². The molecule has 0 saturated carbocycles. The summed E-state index contributed by atoms with van der Waals surface area (Å²) in [6.07, 6.45) is 3.54. The van der Waals surface area contributed by atoms with Gasteiger partial charge in [-0.2, -0.15) is 0 Å². The lowest BCUT2D eigenvalue weighted by molar-refractivity contribution is -0.132. The molecule has 4 nitrogen and oxygen atoms in total. The van der Waals surface area contributed by atoms with Gasteiger partial charge in [-0.25, -0.2) is 4.39 Å². The minimum Gasteiger partial charge on any atom is -0.376 e. The summed E-state index contributed by atoms with van der Waals surface area (Å²) in [6, 6.07) is 4.61. The smallest absolute Gasteiger partial charge is 0.255 e. The van der Waals surface area contributed by atoms with Crippen molar-refractivity contribution in [2.45, 2.75) is 44.8 Å². The molecule has 22 heavy (non-hydrogen) atoms. The van der Waals surface area contributed by atoms with E-state index in [9.17, 15) is 9.18 Å². The molecule has 0 aliphatic carbocycles. The molecule has 1 fully saturated rings. The lowest BCUT2D eigenvalue weighted by atomic mass is 10.1. The monoisotopic (exact) mass is 307 g/mol. The standard InChI is InChI=1S/C17H22FNO3/c1-12(22-11-15-4-2-3-9-21-15)17(20)19-8-7-13-5-6-14(18)10-16(13)19/h5-6,10,12,15H,2-4,7-9,11H2,1H3/t12-,15+/m0/s1. The Labute approximate surface area is 130 Å². The molecule has 0 aromatic heterocycles. The maximum Gasteiger partial charge on any atom is 0.255 e. The Kier molecular flexibility index (Phi) is 4.74. The summed E-state index contributed by atoms with van der Waals surface area (Å²) in [5.41, 5.74) is 1.69. The second-order valence-electron chi connectivity index (χ2n) is 5.98. The number of fused-ring (bicyclic) bond motifs is 1. The quantitative estimate of drug-likeness (QED) is 0.858. The molecule has 120 valence electrons. The summed E-state index contributed by atoms with van der Waals surface area (Å²) in [4.78, 5) is 14.2. The number of nitrogens with zero attached hydrogens (tertiary/aromatic N) is 1. The minimum absolute atomic E-state index is 0.0901. The van der Waals surface area contributed by atoms with Gasteiger partial charge in [0.2, 0.25) is 0 Å². The van der Waals surface area contributed by atoms with Gasteiger partial charge in [-0.3, -0.25) is 4.79 Å². The first-order valence-electron chi connectivity index (χ1n) is 7.98. The molecule has 0 N–H and O–H groups in total. The topological polar surface area (TPSA) is 38.8 Å². The highest BCUT2D eigenvalue weighted by atomic mass is 19.1. The molecule has 1 saturated heterocycles. The van der Waals surface area contributed by atoms with Crippen molar-refractivity contribution < 1.29 is 18.7 Å². The predicted molar refractivity (Wildman–Crippen MR) is 81.5 cm³/mol. The van der Waals surface area contributed by atoms with Gasteiger partial charge in [0.05, 0.1) is 12.7 Å². The third kappa shape index (κ3) is 3.31. The number of hydrogen-bond acceptors (Lipinski definition) is 3. The molecule has 0 radical (unpaired) electrons. The number of hydrogen-bond donors (Lipinski definition) is 0. The van der Waals surface area contributed by atoms with E-state index >= 15 is 0 Å². The normalized spacial score (nSPS) is 22.5. The van der Waals surface area contributed by atoms with Crippen molar-refractivity contribution in [3.8, 4) is 0 Å². The van der Waals surface area contributed by atoms with E-state index in [1.807, 2.05) is 0 Å². The van der Waals surface area contributed by atoms with E-state index in [0.29, 0.717) is 18.8 Å². The number of carbonyl (C=O) groups is 1. The lowest BCUT2D eigenvalue weighted by Crippen LogP contribution is -2.39. The van der Waals surface area contributed by atoms with Crippen molar-refractivity contribution in [3.63, 3.8) is 0 Å². The van der Waals surface area contributed by atoms with Crippen LogP contribution in [-0.2, 0) is 20.7 Å². The Hall–Kier alpha value is -1.46. The fourth-order valence-corrected chi connectivity index (χ4v) is 3.06. The largest absolute Gasteiger partial charge is 0.376 e. The average molecular weight is 307 g/mol. The van der Waals surface area contributed by atoms with Crippen molar-refractivity contribution >= 4 is 11.6 Å². The van der Waals surface area contributed by atoms with Crippen molar-refractivity contribution in [2.75, 3.05) is 24.7 Å². The predicted octanol–water partition coefficient (Wildman–Crippen LogP) is 2.69. The van der Waals surface area contributed by atoms with E-state index < -0.39 is 6.10 Å². The Morgan fingerprint density at radius 2 is 2.36 bits per heavy atom. The molecule has 2 heterocycles. The van der Waals surface area contributed by atoms with Gasteiger partial charge >= 0.3 is 0 Å². The maximum absolute atomic E-state index is 13.4. The highest BCUT2D eigenvalue weighted by Gasteiger charge is 2.29. The molecule has 0 spiro atoms. The molecule has 3 rings (SSSR count). The van der Waals surface area contributed by atoms with E-state index in [4.69, 9.17) is 9.47 Å². The molecular weight excluding hydrogens is 285 g/mol. The van der Waals surface area contributed by atoms with E-state index in [0.717, 1.165) is 37.9 Å². The van der Waals surface area contributed by atoms with Gasteiger partial charge in [0.25, 0.3) is 5.91 Å². The molecule has 1 aromatic rings. The number of halogens is 1. The zero-order chi connectivity index (χ0) is 15.5. The van der Waals surface area contributed by atoms with E-state index in [1.165, 1.54) is 12.1 Å². The van der Waals surface area contributed by atoms with Crippen LogP contribution in [0.5, 0.6) is 0 Å². The van der Waals surface area contributed by atoms with Crippen molar-refractivity contribution in [1.29, 1.82) is 0 Å². The van der Waals surface area contributed by atoms with Crippen LogP contribution < -0.4 is 4.90 Å².